The molecule has 1 aromatic rings. The molecule has 0 aliphatic rings. The Bertz CT molecular complexity index is 235. The molecule has 0 spiro atoms. The maximum atomic E-state index is 5.68. The van der Waals surface area contributed by atoms with Crippen molar-refractivity contribution in [3.05, 3.63) is 21.0 Å². The van der Waals surface area contributed by atoms with Crippen molar-refractivity contribution < 1.29 is 0 Å². The quantitative estimate of drug-likeness (QED) is 0.562. The number of hydrogen-bond acceptors (Lipinski definition) is 2. The molecule has 0 atom stereocenters. The zero-order valence-electron chi connectivity index (χ0n) is 5.98. The SMILES string of the molecule is Cc1cc(C)c(N)c(I)n1. The molecular formula is C7H9IN2. The van der Waals surface area contributed by atoms with E-state index in [4.69, 9.17) is 5.73 Å². The van der Waals surface area contributed by atoms with Crippen LogP contribution in [-0.2, 0) is 0 Å². The van der Waals surface area contributed by atoms with Crippen molar-refractivity contribution in [3.63, 3.8) is 0 Å². The Labute approximate surface area is 74.0 Å². The Morgan fingerprint density at radius 1 is 1.50 bits per heavy atom. The molecule has 0 aliphatic carbocycles. The summed E-state index contributed by atoms with van der Waals surface area (Å²) in [5.41, 5.74) is 8.61. The van der Waals surface area contributed by atoms with Crippen LogP contribution in [0.25, 0.3) is 0 Å². The third-order valence-corrected chi connectivity index (χ3v) is 2.17. The highest BCUT2D eigenvalue weighted by Crippen LogP contribution is 2.16. The molecular weight excluding hydrogens is 239 g/mol. The number of anilines is 1. The van der Waals surface area contributed by atoms with Gasteiger partial charge in [-0.25, -0.2) is 4.98 Å². The van der Waals surface area contributed by atoms with Gasteiger partial charge >= 0.3 is 0 Å². The normalized spacial score (nSPS) is 9.90. The molecule has 0 saturated heterocycles. The van der Waals surface area contributed by atoms with E-state index < -0.39 is 0 Å². The summed E-state index contributed by atoms with van der Waals surface area (Å²) in [6.45, 7) is 3.96. The van der Waals surface area contributed by atoms with Crippen LogP contribution in [-0.4, -0.2) is 4.98 Å². The third-order valence-electron chi connectivity index (χ3n) is 1.35. The van der Waals surface area contributed by atoms with Crippen LogP contribution in [0.15, 0.2) is 6.07 Å². The van der Waals surface area contributed by atoms with E-state index in [9.17, 15) is 0 Å². The lowest BCUT2D eigenvalue weighted by atomic mass is 10.2. The van der Waals surface area contributed by atoms with Gasteiger partial charge in [0.05, 0.1) is 5.69 Å². The number of pyridine rings is 1. The van der Waals surface area contributed by atoms with Crippen LogP contribution in [0.2, 0.25) is 0 Å². The maximum absolute atomic E-state index is 5.68. The summed E-state index contributed by atoms with van der Waals surface area (Å²) in [6, 6.07) is 1.98. The number of nitrogens with two attached hydrogens (primary N) is 1. The molecule has 0 aromatic carbocycles. The van der Waals surface area contributed by atoms with Crippen molar-refractivity contribution in [1.29, 1.82) is 0 Å². The van der Waals surface area contributed by atoms with Crippen molar-refractivity contribution in [3.8, 4) is 0 Å². The smallest absolute Gasteiger partial charge is 0.124 e. The summed E-state index contributed by atoms with van der Waals surface area (Å²) in [5, 5.41) is 0. The molecule has 1 heterocycles. The first-order valence-corrected chi connectivity index (χ1v) is 4.08. The number of aryl methyl sites for hydroxylation is 2. The van der Waals surface area contributed by atoms with Gasteiger partial charge in [0.2, 0.25) is 0 Å². The summed E-state index contributed by atoms with van der Waals surface area (Å²) < 4.78 is 0.898. The van der Waals surface area contributed by atoms with Gasteiger partial charge in [-0.1, -0.05) is 0 Å². The van der Waals surface area contributed by atoms with Gasteiger partial charge < -0.3 is 5.73 Å². The Morgan fingerprint density at radius 3 is 2.60 bits per heavy atom. The van der Waals surface area contributed by atoms with Gasteiger partial charge in [0, 0.05) is 5.69 Å². The van der Waals surface area contributed by atoms with E-state index >= 15 is 0 Å². The van der Waals surface area contributed by atoms with Gasteiger partial charge in [-0.3, -0.25) is 0 Å². The van der Waals surface area contributed by atoms with E-state index in [-0.39, 0.29) is 0 Å². The summed E-state index contributed by atoms with van der Waals surface area (Å²) in [7, 11) is 0. The molecule has 54 valence electrons. The predicted molar refractivity (Wildman–Crippen MR) is 50.8 cm³/mol. The fourth-order valence-corrected chi connectivity index (χ4v) is 1.61. The fraction of sp³-hybridized carbons (Fsp3) is 0.286. The van der Waals surface area contributed by atoms with Crippen LogP contribution in [0.5, 0.6) is 0 Å². The molecule has 0 bridgehead atoms. The van der Waals surface area contributed by atoms with Crippen LogP contribution in [0.3, 0.4) is 0 Å². The highest BCUT2D eigenvalue weighted by molar-refractivity contribution is 14.1. The number of rotatable bonds is 0. The second kappa shape index (κ2) is 2.74. The summed E-state index contributed by atoms with van der Waals surface area (Å²) in [4.78, 5) is 4.20. The topological polar surface area (TPSA) is 38.9 Å². The minimum Gasteiger partial charge on any atom is -0.396 e. The van der Waals surface area contributed by atoms with E-state index in [1.807, 2.05) is 19.9 Å². The van der Waals surface area contributed by atoms with Gasteiger partial charge in [0.15, 0.2) is 0 Å². The lowest BCUT2D eigenvalue weighted by molar-refractivity contribution is 1.15. The van der Waals surface area contributed by atoms with E-state index in [2.05, 4.69) is 27.6 Å². The number of hydrogen-bond donors (Lipinski definition) is 1. The van der Waals surface area contributed by atoms with Gasteiger partial charge in [-0.15, -0.1) is 0 Å². The number of nitrogens with zero attached hydrogens (tertiary/aromatic N) is 1. The first-order chi connectivity index (χ1) is 4.61. The van der Waals surface area contributed by atoms with Crippen LogP contribution >= 0.6 is 22.6 Å². The average molecular weight is 248 g/mol. The Morgan fingerprint density at radius 2 is 2.10 bits per heavy atom. The molecule has 0 amide bonds. The van der Waals surface area contributed by atoms with E-state index in [1.54, 1.807) is 0 Å². The Hall–Kier alpha value is -0.320. The number of nitrogen functional groups attached to an aromatic ring is 1. The second-order valence-corrected chi connectivity index (χ2v) is 3.31. The Balaban J connectivity index is 3.31. The molecule has 10 heavy (non-hydrogen) atoms. The molecule has 2 nitrogen and oxygen atoms in total. The molecule has 3 heteroatoms. The molecule has 2 N–H and O–H groups in total. The Kier molecular flexibility index (Phi) is 2.13. The largest absolute Gasteiger partial charge is 0.396 e. The zero-order chi connectivity index (χ0) is 7.72. The summed E-state index contributed by atoms with van der Waals surface area (Å²) in [6.07, 6.45) is 0. The van der Waals surface area contributed by atoms with Crippen LogP contribution in [0.1, 0.15) is 11.3 Å². The minimum atomic E-state index is 0.797. The molecule has 0 aliphatic heterocycles. The van der Waals surface area contributed by atoms with Gasteiger partial charge in [-0.05, 0) is 48.1 Å². The van der Waals surface area contributed by atoms with Gasteiger partial charge in [-0.2, -0.15) is 0 Å². The first kappa shape index (κ1) is 7.78. The summed E-state index contributed by atoms with van der Waals surface area (Å²) in [5.74, 6) is 0. The predicted octanol–water partition coefficient (Wildman–Crippen LogP) is 1.89. The van der Waals surface area contributed by atoms with Gasteiger partial charge in [0.1, 0.15) is 3.70 Å². The highest BCUT2D eigenvalue weighted by Gasteiger charge is 1.99. The lowest BCUT2D eigenvalue weighted by Gasteiger charge is -2.02. The van der Waals surface area contributed by atoms with Crippen LogP contribution in [0.4, 0.5) is 5.69 Å². The van der Waals surface area contributed by atoms with Crippen LogP contribution in [0, 0.1) is 17.5 Å². The first-order valence-electron chi connectivity index (χ1n) is 3.00. The fourth-order valence-electron chi connectivity index (χ4n) is 0.801. The van der Waals surface area contributed by atoms with E-state index in [1.165, 1.54) is 0 Å². The standard InChI is InChI=1S/C7H9IN2/c1-4-3-5(2)10-7(8)6(4)9/h3H,9H2,1-2H3. The highest BCUT2D eigenvalue weighted by atomic mass is 127. The molecule has 1 rings (SSSR count). The molecule has 0 radical (unpaired) electrons. The average Bonchev–Trinajstić information content (AvgIpc) is 1.82. The maximum Gasteiger partial charge on any atom is 0.124 e. The van der Waals surface area contributed by atoms with Crippen molar-refractivity contribution in [2.45, 2.75) is 13.8 Å². The lowest BCUT2D eigenvalue weighted by Crippen LogP contribution is -1.97. The van der Waals surface area contributed by atoms with Gasteiger partial charge in [0.25, 0.3) is 0 Å². The molecule has 0 unspecified atom stereocenters. The summed E-state index contributed by atoms with van der Waals surface area (Å²) >= 11 is 2.14. The zero-order valence-corrected chi connectivity index (χ0v) is 8.14. The van der Waals surface area contributed by atoms with E-state index in [0.717, 1.165) is 20.6 Å². The molecule has 0 saturated carbocycles. The number of halogens is 1. The minimum absolute atomic E-state index is 0.797. The third kappa shape index (κ3) is 1.39. The molecule has 0 fully saturated rings. The van der Waals surface area contributed by atoms with Crippen molar-refractivity contribution in [1.82, 2.24) is 4.98 Å². The van der Waals surface area contributed by atoms with Crippen molar-refractivity contribution in [2.75, 3.05) is 5.73 Å². The molecule has 1 aromatic heterocycles. The van der Waals surface area contributed by atoms with Crippen molar-refractivity contribution in [2.24, 2.45) is 0 Å². The number of aromatic nitrogens is 1. The van der Waals surface area contributed by atoms with E-state index in [0.29, 0.717) is 0 Å². The monoisotopic (exact) mass is 248 g/mol. The van der Waals surface area contributed by atoms with Crippen LogP contribution < -0.4 is 5.73 Å². The van der Waals surface area contributed by atoms with Crippen molar-refractivity contribution >= 4 is 28.3 Å². The second-order valence-electron chi connectivity index (χ2n) is 2.29.